The van der Waals surface area contributed by atoms with E-state index >= 15 is 0 Å². The lowest BCUT2D eigenvalue weighted by atomic mass is 10.3. The van der Waals surface area contributed by atoms with E-state index in [1.807, 2.05) is 0 Å². The van der Waals surface area contributed by atoms with Crippen molar-refractivity contribution in [2.45, 2.75) is 6.42 Å². The lowest BCUT2D eigenvalue weighted by Gasteiger charge is -1.94. The summed E-state index contributed by atoms with van der Waals surface area (Å²) in [4.78, 5) is 13.2. The molecule has 5 heteroatoms. The van der Waals surface area contributed by atoms with E-state index in [0.717, 1.165) is 6.20 Å². The van der Waals surface area contributed by atoms with Gasteiger partial charge in [-0.3, -0.25) is 15.1 Å². The van der Waals surface area contributed by atoms with Crippen molar-refractivity contribution < 1.29 is 9.31 Å². The van der Waals surface area contributed by atoms with Crippen LogP contribution in [0.25, 0.3) is 0 Å². The Morgan fingerprint density at radius 2 is 2.33 bits per heavy atom. The molecule has 0 aliphatic heterocycles. The Kier molecular flexibility index (Phi) is 2.68. The van der Waals surface area contributed by atoms with Crippen molar-refractivity contribution in [1.29, 1.82) is 0 Å². The van der Waals surface area contributed by atoms with Gasteiger partial charge in [-0.15, -0.1) is 0 Å². The molecule has 0 saturated heterocycles. The summed E-state index contributed by atoms with van der Waals surface area (Å²) in [6, 6.07) is 2.68. The second-order valence-corrected chi connectivity index (χ2v) is 2.27. The molecule has 0 bridgehead atoms. The van der Waals surface area contributed by atoms with E-state index in [1.165, 1.54) is 12.1 Å². The molecule has 0 atom stereocenters. The lowest BCUT2D eigenvalue weighted by molar-refractivity contribution is -0.479. The smallest absolute Gasteiger partial charge is 0.209 e. The zero-order valence-corrected chi connectivity index (χ0v) is 6.24. The molecule has 0 aromatic carbocycles. The molecule has 0 aliphatic carbocycles. The third-order valence-electron chi connectivity index (χ3n) is 1.34. The minimum Gasteiger partial charge on any atom is -0.265 e. The van der Waals surface area contributed by atoms with E-state index in [4.69, 9.17) is 0 Å². The number of halogens is 1. The fraction of sp³-hybridized carbons (Fsp3) is 0.286. The summed E-state index contributed by atoms with van der Waals surface area (Å²) in [6.07, 6.45) is 1.29. The maximum atomic E-state index is 12.3. The normalized spacial score (nSPS) is 9.75. The number of pyridine rings is 1. The second-order valence-electron chi connectivity index (χ2n) is 2.27. The van der Waals surface area contributed by atoms with Crippen LogP contribution >= 0.6 is 0 Å². The van der Waals surface area contributed by atoms with Gasteiger partial charge in [-0.2, -0.15) is 0 Å². The van der Waals surface area contributed by atoms with Crippen molar-refractivity contribution in [1.82, 2.24) is 4.98 Å². The van der Waals surface area contributed by atoms with Crippen molar-refractivity contribution in [3.63, 3.8) is 0 Å². The first-order chi connectivity index (χ1) is 5.68. The first kappa shape index (κ1) is 8.58. The zero-order valence-electron chi connectivity index (χ0n) is 6.24. The van der Waals surface area contributed by atoms with Crippen LogP contribution in [0.2, 0.25) is 0 Å². The summed E-state index contributed by atoms with van der Waals surface area (Å²) in [6.45, 7) is -0.168. The Hall–Kier alpha value is -1.52. The Balaban J connectivity index is 2.53. The van der Waals surface area contributed by atoms with E-state index in [2.05, 4.69) is 4.98 Å². The summed E-state index contributed by atoms with van der Waals surface area (Å²) >= 11 is 0. The lowest BCUT2D eigenvalue weighted by Crippen LogP contribution is -2.05. The Morgan fingerprint density at radius 1 is 1.58 bits per heavy atom. The molecule has 0 fully saturated rings. The van der Waals surface area contributed by atoms with Gasteiger partial charge in [0.2, 0.25) is 6.54 Å². The summed E-state index contributed by atoms with van der Waals surface area (Å²) in [5.41, 5.74) is 0.535. The van der Waals surface area contributed by atoms with Crippen molar-refractivity contribution in [3.8, 4) is 0 Å². The summed E-state index contributed by atoms with van der Waals surface area (Å²) in [7, 11) is 0. The molecule has 1 aromatic rings. The van der Waals surface area contributed by atoms with Gasteiger partial charge in [-0.25, -0.2) is 4.39 Å². The molecule has 0 saturated carbocycles. The van der Waals surface area contributed by atoms with Gasteiger partial charge in [0, 0.05) is 10.6 Å². The monoisotopic (exact) mass is 170 g/mol. The minimum absolute atomic E-state index is 0.168. The maximum absolute atomic E-state index is 12.3. The van der Waals surface area contributed by atoms with Crippen LogP contribution in [0.3, 0.4) is 0 Å². The Labute approximate surface area is 68.2 Å². The molecule has 4 nitrogen and oxygen atoms in total. The Morgan fingerprint density at radius 3 is 2.83 bits per heavy atom. The number of rotatable bonds is 3. The van der Waals surface area contributed by atoms with Crippen molar-refractivity contribution >= 4 is 0 Å². The fourth-order valence-electron chi connectivity index (χ4n) is 0.760. The summed E-state index contributed by atoms with van der Waals surface area (Å²) in [5.74, 6) is -0.431. The van der Waals surface area contributed by atoms with Crippen LogP contribution in [-0.2, 0) is 6.42 Å². The zero-order chi connectivity index (χ0) is 8.97. The number of aromatic nitrogens is 1. The van der Waals surface area contributed by atoms with Crippen LogP contribution in [0, 0.1) is 15.9 Å². The van der Waals surface area contributed by atoms with Crippen LogP contribution in [0.4, 0.5) is 4.39 Å². The summed E-state index contributed by atoms with van der Waals surface area (Å²) in [5, 5.41) is 9.94. The highest BCUT2D eigenvalue weighted by Gasteiger charge is 2.00. The molecule has 64 valence electrons. The first-order valence-corrected chi connectivity index (χ1v) is 3.41. The van der Waals surface area contributed by atoms with E-state index in [0.29, 0.717) is 5.69 Å². The summed E-state index contributed by atoms with van der Waals surface area (Å²) < 4.78 is 12.3. The average Bonchev–Trinajstić information content (AvgIpc) is 2.03. The van der Waals surface area contributed by atoms with E-state index < -0.39 is 10.7 Å². The molecule has 12 heavy (non-hydrogen) atoms. The van der Waals surface area contributed by atoms with E-state index in [-0.39, 0.29) is 13.0 Å². The van der Waals surface area contributed by atoms with Gasteiger partial charge in [0.15, 0.2) is 0 Å². The number of nitrogens with zero attached hydrogens (tertiary/aromatic N) is 2. The third kappa shape index (κ3) is 2.61. The van der Waals surface area contributed by atoms with Crippen LogP contribution in [0.15, 0.2) is 18.3 Å². The molecule has 0 aliphatic rings. The molecule has 0 radical (unpaired) electrons. The standard InChI is InChI=1S/C7H7FN2O2/c8-6-1-2-7(9-5-6)3-4-10(11)12/h1-2,5H,3-4H2. The van der Waals surface area contributed by atoms with Crippen LogP contribution in [0.5, 0.6) is 0 Å². The highest BCUT2D eigenvalue weighted by atomic mass is 19.1. The molecular weight excluding hydrogens is 163 g/mol. The largest absolute Gasteiger partial charge is 0.265 e. The molecule has 1 rings (SSSR count). The third-order valence-corrected chi connectivity index (χ3v) is 1.34. The van der Waals surface area contributed by atoms with Gasteiger partial charge in [0.05, 0.1) is 12.6 Å². The minimum atomic E-state index is -0.431. The predicted octanol–water partition coefficient (Wildman–Crippen LogP) is 1.04. The topological polar surface area (TPSA) is 56.0 Å². The van der Waals surface area contributed by atoms with Gasteiger partial charge >= 0.3 is 0 Å². The van der Waals surface area contributed by atoms with Crippen molar-refractivity contribution in [2.75, 3.05) is 6.54 Å². The van der Waals surface area contributed by atoms with Gasteiger partial charge in [0.25, 0.3) is 0 Å². The SMILES string of the molecule is O=[N+]([O-])CCc1ccc(F)cn1. The average molecular weight is 170 g/mol. The number of hydrogen-bond acceptors (Lipinski definition) is 3. The van der Waals surface area contributed by atoms with Crippen LogP contribution in [-0.4, -0.2) is 16.5 Å². The molecule has 1 heterocycles. The van der Waals surface area contributed by atoms with Gasteiger partial charge in [0.1, 0.15) is 5.82 Å². The van der Waals surface area contributed by atoms with Crippen LogP contribution < -0.4 is 0 Å². The molecule has 1 aromatic heterocycles. The van der Waals surface area contributed by atoms with Gasteiger partial charge in [-0.05, 0) is 12.1 Å². The van der Waals surface area contributed by atoms with Gasteiger partial charge in [-0.1, -0.05) is 0 Å². The fourth-order valence-corrected chi connectivity index (χ4v) is 0.760. The Bertz CT molecular complexity index is 273. The quantitative estimate of drug-likeness (QED) is 0.503. The van der Waals surface area contributed by atoms with E-state index in [1.54, 1.807) is 0 Å². The molecule has 0 N–H and O–H groups in total. The first-order valence-electron chi connectivity index (χ1n) is 3.41. The van der Waals surface area contributed by atoms with Gasteiger partial charge < -0.3 is 0 Å². The van der Waals surface area contributed by atoms with Crippen molar-refractivity contribution in [2.24, 2.45) is 0 Å². The van der Waals surface area contributed by atoms with Crippen molar-refractivity contribution in [3.05, 3.63) is 40.0 Å². The highest BCUT2D eigenvalue weighted by Crippen LogP contribution is 1.98. The van der Waals surface area contributed by atoms with Crippen LogP contribution in [0.1, 0.15) is 5.69 Å². The maximum Gasteiger partial charge on any atom is 0.209 e. The van der Waals surface area contributed by atoms with E-state index in [9.17, 15) is 14.5 Å². The predicted molar refractivity (Wildman–Crippen MR) is 39.8 cm³/mol. The molecule has 0 unspecified atom stereocenters. The molecule has 0 spiro atoms. The number of nitro groups is 1. The molecule has 0 amide bonds. The molecular formula is C7H7FN2O2. The highest BCUT2D eigenvalue weighted by molar-refractivity contribution is 5.05. The number of hydrogen-bond donors (Lipinski definition) is 0. The second kappa shape index (κ2) is 3.75.